The normalized spacial score (nSPS) is 11.8. The van der Waals surface area contributed by atoms with Crippen LogP contribution >= 0.6 is 0 Å². The Kier molecular flexibility index (Phi) is 4.76. The molecule has 0 bridgehead atoms. The Hall–Kier alpha value is -2.57. The fraction of sp³-hybridized carbons (Fsp3) is 0.357. The molecule has 0 unspecified atom stereocenters. The molecule has 0 aliphatic carbocycles. The Morgan fingerprint density at radius 1 is 1.52 bits per heavy atom. The highest BCUT2D eigenvalue weighted by Crippen LogP contribution is 2.18. The molecule has 0 saturated carbocycles. The molecule has 7 nitrogen and oxygen atoms in total. The van der Waals surface area contributed by atoms with Gasteiger partial charge in [0.05, 0.1) is 6.61 Å². The molecule has 3 N–H and O–H groups in total. The first-order valence-corrected chi connectivity index (χ1v) is 6.74. The van der Waals surface area contributed by atoms with Crippen molar-refractivity contribution in [1.82, 2.24) is 9.55 Å². The predicted octanol–water partition coefficient (Wildman–Crippen LogP) is 1.47. The third-order valence-electron chi connectivity index (χ3n) is 3.13. The van der Waals surface area contributed by atoms with E-state index in [1.807, 2.05) is 16.8 Å². The first kappa shape index (κ1) is 14.8. The number of pyridine rings is 1. The van der Waals surface area contributed by atoms with E-state index in [2.05, 4.69) is 10.1 Å². The minimum absolute atomic E-state index is 0.0478. The van der Waals surface area contributed by atoms with E-state index in [-0.39, 0.29) is 11.8 Å². The van der Waals surface area contributed by atoms with Crippen LogP contribution in [0.25, 0.3) is 11.0 Å². The van der Waals surface area contributed by atoms with Crippen LogP contribution in [0.2, 0.25) is 0 Å². The lowest BCUT2D eigenvalue weighted by Gasteiger charge is -2.06. The molecule has 0 aliphatic rings. The molecule has 0 spiro atoms. The highest BCUT2D eigenvalue weighted by Gasteiger charge is 2.10. The zero-order valence-electron chi connectivity index (χ0n) is 11.8. The fourth-order valence-electron chi connectivity index (χ4n) is 2.18. The molecule has 0 fully saturated rings. The summed E-state index contributed by atoms with van der Waals surface area (Å²) in [6.45, 7) is 2.83. The van der Waals surface area contributed by atoms with Crippen molar-refractivity contribution in [1.29, 1.82) is 0 Å². The number of aromatic nitrogens is 2. The van der Waals surface area contributed by atoms with Crippen molar-refractivity contribution in [2.24, 2.45) is 10.9 Å². The van der Waals surface area contributed by atoms with Gasteiger partial charge in [-0.15, -0.1) is 0 Å². The maximum atomic E-state index is 11.3. The molecule has 2 rings (SSSR count). The molecule has 0 saturated heterocycles. The molecule has 112 valence electrons. The maximum absolute atomic E-state index is 11.3. The molecule has 0 aliphatic heterocycles. The summed E-state index contributed by atoms with van der Waals surface area (Å²) in [4.78, 5) is 15.6. The SMILES string of the molecule is CCOC(=O)CCCn1ccc2c(/C(N)=N\O)ccnc21. The van der Waals surface area contributed by atoms with E-state index in [4.69, 9.17) is 15.7 Å². The number of amidine groups is 1. The van der Waals surface area contributed by atoms with Gasteiger partial charge in [0, 0.05) is 36.3 Å². The predicted molar refractivity (Wildman–Crippen MR) is 78.1 cm³/mol. The third-order valence-corrected chi connectivity index (χ3v) is 3.13. The lowest BCUT2D eigenvalue weighted by molar-refractivity contribution is -0.143. The number of fused-ring (bicyclic) bond motifs is 1. The Morgan fingerprint density at radius 2 is 2.33 bits per heavy atom. The number of nitrogens with two attached hydrogens (primary N) is 1. The second-order valence-corrected chi connectivity index (χ2v) is 4.50. The third kappa shape index (κ3) is 3.31. The van der Waals surface area contributed by atoms with Crippen LogP contribution in [0, 0.1) is 0 Å². The van der Waals surface area contributed by atoms with Crippen molar-refractivity contribution in [3.63, 3.8) is 0 Å². The molecule has 0 atom stereocenters. The highest BCUT2D eigenvalue weighted by atomic mass is 16.5. The smallest absolute Gasteiger partial charge is 0.305 e. The highest BCUT2D eigenvalue weighted by molar-refractivity contribution is 6.07. The Labute approximate surface area is 122 Å². The average Bonchev–Trinajstić information content (AvgIpc) is 2.90. The van der Waals surface area contributed by atoms with E-state index < -0.39 is 0 Å². The van der Waals surface area contributed by atoms with Gasteiger partial charge in [-0.25, -0.2) is 4.98 Å². The summed E-state index contributed by atoms with van der Waals surface area (Å²) in [5.41, 5.74) is 7.01. The maximum Gasteiger partial charge on any atom is 0.305 e. The standard InChI is InChI=1S/C14H18N4O3/c1-2-21-12(19)4-3-8-18-9-6-11-10(13(15)17-20)5-7-16-14(11)18/h5-7,9,20H,2-4,8H2,1H3,(H2,15,17). The lowest BCUT2D eigenvalue weighted by atomic mass is 10.2. The van der Waals surface area contributed by atoms with Crippen LogP contribution in [-0.4, -0.2) is 33.2 Å². The van der Waals surface area contributed by atoms with Crippen LogP contribution in [-0.2, 0) is 16.1 Å². The van der Waals surface area contributed by atoms with Gasteiger partial charge in [-0.1, -0.05) is 5.16 Å². The summed E-state index contributed by atoms with van der Waals surface area (Å²) in [6.07, 6.45) is 4.51. The number of ether oxygens (including phenoxy) is 1. The van der Waals surface area contributed by atoms with Crippen molar-refractivity contribution < 1.29 is 14.7 Å². The fourth-order valence-corrected chi connectivity index (χ4v) is 2.18. The Balaban J connectivity index is 2.14. The van der Waals surface area contributed by atoms with Gasteiger partial charge in [0.15, 0.2) is 5.84 Å². The van der Waals surface area contributed by atoms with E-state index in [1.54, 1.807) is 19.2 Å². The summed E-state index contributed by atoms with van der Waals surface area (Å²) in [7, 11) is 0. The van der Waals surface area contributed by atoms with Gasteiger partial charge in [-0.05, 0) is 25.5 Å². The molecule has 21 heavy (non-hydrogen) atoms. The van der Waals surface area contributed by atoms with Gasteiger partial charge in [-0.3, -0.25) is 4.79 Å². The van der Waals surface area contributed by atoms with Crippen LogP contribution < -0.4 is 5.73 Å². The van der Waals surface area contributed by atoms with Crippen molar-refractivity contribution >= 4 is 22.8 Å². The van der Waals surface area contributed by atoms with Gasteiger partial charge in [0.25, 0.3) is 0 Å². The second-order valence-electron chi connectivity index (χ2n) is 4.50. The van der Waals surface area contributed by atoms with Gasteiger partial charge in [-0.2, -0.15) is 0 Å². The molecule has 0 aromatic carbocycles. The van der Waals surface area contributed by atoms with Crippen LogP contribution in [0.3, 0.4) is 0 Å². The zero-order valence-corrected chi connectivity index (χ0v) is 11.8. The van der Waals surface area contributed by atoms with E-state index in [0.717, 1.165) is 11.0 Å². The number of carbonyl (C=O) groups excluding carboxylic acids is 1. The van der Waals surface area contributed by atoms with Gasteiger partial charge in [0.2, 0.25) is 0 Å². The average molecular weight is 290 g/mol. The van der Waals surface area contributed by atoms with E-state index in [0.29, 0.717) is 31.6 Å². The van der Waals surface area contributed by atoms with Crippen molar-refractivity contribution in [3.8, 4) is 0 Å². The number of rotatable bonds is 6. The number of aryl methyl sites for hydroxylation is 1. The first-order chi connectivity index (χ1) is 10.2. The minimum Gasteiger partial charge on any atom is -0.466 e. The number of oxime groups is 1. The molecular weight excluding hydrogens is 272 g/mol. The van der Waals surface area contributed by atoms with E-state index >= 15 is 0 Å². The summed E-state index contributed by atoms with van der Waals surface area (Å²) >= 11 is 0. The van der Waals surface area contributed by atoms with E-state index in [1.165, 1.54) is 0 Å². The molecule has 2 heterocycles. The summed E-state index contributed by atoms with van der Waals surface area (Å²) < 4.78 is 6.82. The van der Waals surface area contributed by atoms with Crippen LogP contribution in [0.4, 0.5) is 0 Å². The van der Waals surface area contributed by atoms with Crippen LogP contribution in [0.1, 0.15) is 25.3 Å². The molecule has 0 amide bonds. The largest absolute Gasteiger partial charge is 0.466 e. The number of esters is 1. The summed E-state index contributed by atoms with van der Waals surface area (Å²) in [5.74, 6) is -0.147. The van der Waals surface area contributed by atoms with Crippen molar-refractivity contribution in [3.05, 3.63) is 30.1 Å². The number of hydrogen-bond acceptors (Lipinski definition) is 5. The first-order valence-electron chi connectivity index (χ1n) is 6.74. The van der Waals surface area contributed by atoms with Crippen molar-refractivity contribution in [2.45, 2.75) is 26.3 Å². The summed E-state index contributed by atoms with van der Waals surface area (Å²) in [6, 6.07) is 3.56. The van der Waals surface area contributed by atoms with Gasteiger partial charge >= 0.3 is 5.97 Å². The van der Waals surface area contributed by atoms with Crippen LogP contribution in [0.5, 0.6) is 0 Å². The molecular formula is C14H18N4O3. The number of nitrogens with zero attached hydrogens (tertiary/aromatic N) is 3. The van der Waals surface area contributed by atoms with Gasteiger partial charge in [0.1, 0.15) is 5.65 Å². The monoisotopic (exact) mass is 290 g/mol. The Morgan fingerprint density at radius 3 is 3.05 bits per heavy atom. The molecule has 2 aromatic heterocycles. The quantitative estimate of drug-likeness (QED) is 0.276. The number of hydrogen-bond donors (Lipinski definition) is 2. The lowest BCUT2D eigenvalue weighted by Crippen LogP contribution is -2.13. The van der Waals surface area contributed by atoms with Gasteiger partial charge < -0.3 is 20.2 Å². The second kappa shape index (κ2) is 6.74. The zero-order chi connectivity index (χ0) is 15.2. The number of carbonyl (C=O) groups is 1. The minimum atomic E-state index is -0.195. The Bertz CT molecular complexity index is 663. The van der Waals surface area contributed by atoms with Crippen LogP contribution in [0.15, 0.2) is 29.7 Å². The molecule has 0 radical (unpaired) electrons. The molecule has 2 aromatic rings. The molecule has 7 heteroatoms. The van der Waals surface area contributed by atoms with Crippen molar-refractivity contribution in [2.75, 3.05) is 6.61 Å². The van der Waals surface area contributed by atoms with E-state index in [9.17, 15) is 4.79 Å². The topological polar surface area (TPSA) is 103 Å². The summed E-state index contributed by atoms with van der Waals surface area (Å²) in [5, 5.41) is 12.6.